The monoisotopic (exact) mass is 405 g/mol. The van der Waals surface area contributed by atoms with E-state index in [1.165, 1.54) is 34.2 Å². The lowest BCUT2D eigenvalue weighted by molar-refractivity contribution is 0.0986. The number of benzene rings is 1. The molecule has 0 aliphatic heterocycles. The molecule has 0 fully saturated rings. The minimum atomic E-state index is -0.298. The summed E-state index contributed by atoms with van der Waals surface area (Å²) in [5.74, 6) is 0.0860. The van der Waals surface area contributed by atoms with Crippen LogP contribution >= 0.6 is 11.3 Å². The van der Waals surface area contributed by atoms with E-state index in [9.17, 15) is 14.7 Å². The van der Waals surface area contributed by atoms with E-state index in [2.05, 4.69) is 4.98 Å². The molecule has 1 N–H and O–H groups in total. The molecule has 0 bridgehead atoms. The first kappa shape index (κ1) is 18.9. The topological polar surface area (TPSA) is 77.1 Å². The Morgan fingerprint density at radius 2 is 1.86 bits per heavy atom. The van der Waals surface area contributed by atoms with Gasteiger partial charge in [-0.25, -0.2) is 4.98 Å². The van der Waals surface area contributed by atoms with Gasteiger partial charge in [-0.2, -0.15) is 0 Å². The molecule has 3 heterocycles. The SMILES string of the molecule is Cc1ccc(C(=O)CCc2cn(-c3ccc(-n4ccc(O)cc4=O)cc3)cn2)s1. The van der Waals surface area contributed by atoms with Gasteiger partial charge < -0.3 is 9.67 Å². The van der Waals surface area contributed by atoms with Crippen LogP contribution in [0.5, 0.6) is 5.75 Å². The van der Waals surface area contributed by atoms with Gasteiger partial charge in [0, 0.05) is 41.1 Å². The van der Waals surface area contributed by atoms with E-state index < -0.39 is 0 Å². The van der Waals surface area contributed by atoms with Crippen LogP contribution in [-0.4, -0.2) is 25.0 Å². The Balaban J connectivity index is 1.45. The molecule has 0 aliphatic rings. The summed E-state index contributed by atoms with van der Waals surface area (Å²) < 4.78 is 3.35. The quantitative estimate of drug-likeness (QED) is 0.494. The molecule has 0 aliphatic carbocycles. The Bertz CT molecular complexity index is 1220. The maximum Gasteiger partial charge on any atom is 0.258 e. The van der Waals surface area contributed by atoms with E-state index in [4.69, 9.17) is 0 Å². The maximum atomic E-state index is 12.3. The van der Waals surface area contributed by atoms with Crippen molar-refractivity contribution in [2.75, 3.05) is 0 Å². The third-order valence-electron chi connectivity index (χ3n) is 4.59. The first-order valence-corrected chi connectivity index (χ1v) is 9.96. The second-order valence-electron chi connectivity index (χ2n) is 6.72. The zero-order valence-electron chi connectivity index (χ0n) is 15.8. The van der Waals surface area contributed by atoms with Crippen molar-refractivity contribution < 1.29 is 9.90 Å². The third kappa shape index (κ3) is 4.20. The molecule has 0 saturated heterocycles. The Morgan fingerprint density at radius 3 is 2.55 bits per heavy atom. The van der Waals surface area contributed by atoms with Crippen LogP contribution in [0.3, 0.4) is 0 Å². The lowest BCUT2D eigenvalue weighted by Crippen LogP contribution is -2.15. The van der Waals surface area contributed by atoms with Crippen molar-refractivity contribution in [3.8, 4) is 17.1 Å². The molecular weight excluding hydrogens is 386 g/mol. The summed E-state index contributed by atoms with van der Waals surface area (Å²) in [5, 5.41) is 9.38. The third-order valence-corrected chi connectivity index (χ3v) is 5.63. The highest BCUT2D eigenvalue weighted by atomic mass is 32.1. The Kier molecular flexibility index (Phi) is 5.14. The molecule has 3 aromatic heterocycles. The summed E-state index contributed by atoms with van der Waals surface area (Å²) in [6, 6.07) is 13.9. The highest BCUT2D eigenvalue weighted by molar-refractivity contribution is 7.14. The van der Waals surface area contributed by atoms with Crippen LogP contribution in [0.2, 0.25) is 0 Å². The Hall–Kier alpha value is -3.45. The molecule has 0 radical (unpaired) electrons. The van der Waals surface area contributed by atoms with Crippen LogP contribution in [0.1, 0.15) is 26.7 Å². The van der Waals surface area contributed by atoms with Gasteiger partial charge in [0.05, 0.1) is 16.9 Å². The number of carbonyl (C=O) groups excluding carboxylic acids is 1. The van der Waals surface area contributed by atoms with Crippen LogP contribution in [0.4, 0.5) is 0 Å². The largest absolute Gasteiger partial charge is 0.508 e. The van der Waals surface area contributed by atoms with E-state index >= 15 is 0 Å². The molecule has 4 rings (SSSR count). The summed E-state index contributed by atoms with van der Waals surface area (Å²) in [5.41, 5.74) is 2.16. The first-order chi connectivity index (χ1) is 14.0. The number of thiophene rings is 1. The molecule has 0 spiro atoms. The lowest BCUT2D eigenvalue weighted by Gasteiger charge is -2.07. The average Bonchev–Trinajstić information content (AvgIpc) is 3.36. The van der Waals surface area contributed by atoms with Gasteiger partial charge >= 0.3 is 0 Å². The van der Waals surface area contributed by atoms with Gasteiger partial charge in [-0.3, -0.25) is 14.2 Å². The predicted molar refractivity (Wildman–Crippen MR) is 113 cm³/mol. The number of carbonyl (C=O) groups is 1. The number of rotatable bonds is 6. The predicted octanol–water partition coefficient (Wildman–Crippen LogP) is 3.91. The Labute approximate surface area is 171 Å². The smallest absolute Gasteiger partial charge is 0.258 e. The van der Waals surface area contributed by atoms with Gasteiger partial charge in [-0.1, -0.05) is 0 Å². The van der Waals surface area contributed by atoms with Crippen molar-refractivity contribution >= 4 is 17.1 Å². The fourth-order valence-corrected chi connectivity index (χ4v) is 3.89. The molecule has 6 nitrogen and oxygen atoms in total. The van der Waals surface area contributed by atoms with Crippen LogP contribution < -0.4 is 5.56 Å². The van der Waals surface area contributed by atoms with Crippen LogP contribution in [-0.2, 0) is 6.42 Å². The molecule has 0 amide bonds. The molecule has 7 heteroatoms. The fourth-order valence-electron chi connectivity index (χ4n) is 3.05. The molecule has 0 unspecified atom stereocenters. The number of pyridine rings is 1. The average molecular weight is 405 g/mol. The number of aromatic hydroxyl groups is 1. The number of Topliss-reactive ketones (excluding diaryl/α,β-unsaturated/α-hetero) is 1. The Morgan fingerprint density at radius 1 is 1.10 bits per heavy atom. The molecule has 0 atom stereocenters. The molecule has 1 aromatic carbocycles. The van der Waals surface area contributed by atoms with E-state index in [-0.39, 0.29) is 17.1 Å². The number of aryl methyl sites for hydroxylation is 2. The molecule has 146 valence electrons. The minimum Gasteiger partial charge on any atom is -0.508 e. The summed E-state index contributed by atoms with van der Waals surface area (Å²) >= 11 is 1.52. The van der Waals surface area contributed by atoms with E-state index in [0.29, 0.717) is 18.5 Å². The van der Waals surface area contributed by atoms with Crippen molar-refractivity contribution in [3.63, 3.8) is 0 Å². The number of imidazole rings is 1. The molecular formula is C22H19N3O3S. The molecule has 4 aromatic rings. The van der Waals surface area contributed by atoms with Crippen molar-refractivity contribution in [2.45, 2.75) is 19.8 Å². The minimum absolute atomic E-state index is 0.0542. The standard InChI is InChI=1S/C22H19N3O3S/c1-15-2-9-21(29-15)20(27)8-3-16-13-24(14-23-16)17-4-6-18(7-5-17)25-11-10-19(26)12-22(25)28/h2,4-7,9-14,26H,3,8H2,1H3. The van der Waals surface area contributed by atoms with E-state index in [0.717, 1.165) is 21.1 Å². The highest BCUT2D eigenvalue weighted by Gasteiger charge is 2.10. The van der Waals surface area contributed by atoms with Gasteiger partial charge in [0.25, 0.3) is 5.56 Å². The van der Waals surface area contributed by atoms with Crippen molar-refractivity contribution in [3.05, 3.63) is 93.1 Å². The van der Waals surface area contributed by atoms with Crippen LogP contribution in [0, 0.1) is 6.92 Å². The summed E-state index contributed by atoms with van der Waals surface area (Å²) in [7, 11) is 0. The van der Waals surface area contributed by atoms with Crippen molar-refractivity contribution in [2.24, 2.45) is 0 Å². The van der Waals surface area contributed by atoms with E-state index in [1.54, 1.807) is 6.33 Å². The number of hydrogen-bond donors (Lipinski definition) is 1. The number of aromatic nitrogens is 3. The summed E-state index contributed by atoms with van der Waals surface area (Å²) in [6.45, 7) is 1.99. The van der Waals surface area contributed by atoms with Crippen LogP contribution in [0.25, 0.3) is 11.4 Å². The van der Waals surface area contributed by atoms with Gasteiger partial charge in [0.1, 0.15) is 5.75 Å². The number of ketones is 1. The number of nitrogens with zero attached hydrogens (tertiary/aromatic N) is 3. The van der Waals surface area contributed by atoms with Crippen molar-refractivity contribution in [1.82, 2.24) is 14.1 Å². The second-order valence-corrected chi connectivity index (χ2v) is 8.00. The lowest BCUT2D eigenvalue weighted by atomic mass is 10.1. The first-order valence-electron chi connectivity index (χ1n) is 9.14. The van der Waals surface area contributed by atoms with Gasteiger partial charge in [0.15, 0.2) is 5.78 Å². The fraction of sp³-hybridized carbons (Fsp3) is 0.136. The van der Waals surface area contributed by atoms with Crippen LogP contribution in [0.15, 0.2) is 72.0 Å². The van der Waals surface area contributed by atoms with Gasteiger partial charge in [0.2, 0.25) is 0 Å². The van der Waals surface area contributed by atoms with Gasteiger partial charge in [-0.15, -0.1) is 11.3 Å². The summed E-state index contributed by atoms with van der Waals surface area (Å²) in [6.07, 6.45) is 6.18. The zero-order chi connectivity index (χ0) is 20.4. The van der Waals surface area contributed by atoms with Gasteiger partial charge in [-0.05, 0) is 55.8 Å². The highest BCUT2D eigenvalue weighted by Crippen LogP contribution is 2.18. The summed E-state index contributed by atoms with van der Waals surface area (Å²) in [4.78, 5) is 30.6. The zero-order valence-corrected chi connectivity index (χ0v) is 16.6. The second kappa shape index (κ2) is 7.89. The maximum absolute atomic E-state index is 12.3. The number of hydrogen-bond acceptors (Lipinski definition) is 5. The molecule has 29 heavy (non-hydrogen) atoms. The molecule has 0 saturated carbocycles. The van der Waals surface area contributed by atoms with Crippen molar-refractivity contribution in [1.29, 1.82) is 0 Å². The van der Waals surface area contributed by atoms with E-state index in [1.807, 2.05) is 54.1 Å². The normalized spacial score (nSPS) is 10.9.